The molecule has 0 radical (unpaired) electrons. The first kappa shape index (κ1) is 19.9. The molecule has 156 valence electrons. The van der Waals surface area contributed by atoms with Gasteiger partial charge in [0.1, 0.15) is 10.7 Å². The van der Waals surface area contributed by atoms with Crippen molar-refractivity contribution in [2.75, 3.05) is 0 Å². The van der Waals surface area contributed by atoms with Crippen molar-refractivity contribution in [1.82, 2.24) is 23.9 Å². The van der Waals surface area contributed by atoms with Crippen LogP contribution in [-0.2, 0) is 49.5 Å². The summed E-state index contributed by atoms with van der Waals surface area (Å²) in [5.41, 5.74) is 4.39. The lowest BCUT2D eigenvalue weighted by molar-refractivity contribution is 0.353. The van der Waals surface area contributed by atoms with Gasteiger partial charge in [-0.2, -0.15) is 14.5 Å². The number of hydrogen-bond acceptors (Lipinski definition) is 5. The third kappa shape index (κ3) is 3.42. The molecule has 1 aliphatic rings. The first-order valence-electron chi connectivity index (χ1n) is 9.93. The van der Waals surface area contributed by atoms with Crippen molar-refractivity contribution < 1.29 is 12.8 Å². The van der Waals surface area contributed by atoms with E-state index in [4.69, 9.17) is 4.42 Å². The molecule has 0 N–H and O–H groups in total. The van der Waals surface area contributed by atoms with E-state index in [1.165, 1.54) is 15.6 Å². The number of hydrogen-bond donors (Lipinski definition) is 0. The number of sulfonamides is 1. The lowest BCUT2D eigenvalue weighted by Crippen LogP contribution is -2.31. The monoisotopic (exact) mass is 417 g/mol. The van der Waals surface area contributed by atoms with Gasteiger partial charge >= 0.3 is 0 Å². The Morgan fingerprint density at radius 2 is 2.00 bits per heavy atom. The second kappa shape index (κ2) is 7.46. The first-order chi connectivity index (χ1) is 13.8. The number of aryl methyl sites for hydroxylation is 3. The summed E-state index contributed by atoms with van der Waals surface area (Å²) < 4.78 is 38.0. The van der Waals surface area contributed by atoms with E-state index in [9.17, 15) is 8.42 Å². The summed E-state index contributed by atoms with van der Waals surface area (Å²) in [6.07, 6.45) is 4.58. The molecule has 4 rings (SSSR count). The van der Waals surface area contributed by atoms with Crippen LogP contribution in [0.5, 0.6) is 0 Å². The molecule has 0 spiro atoms. The van der Waals surface area contributed by atoms with E-state index in [0.29, 0.717) is 23.7 Å². The topological polar surface area (TPSA) is 86.2 Å². The van der Waals surface area contributed by atoms with Gasteiger partial charge in [-0.15, -0.1) is 0 Å². The molecule has 1 aliphatic carbocycles. The Kier molecular flexibility index (Phi) is 5.12. The van der Waals surface area contributed by atoms with Crippen LogP contribution in [0, 0.1) is 13.8 Å². The molecule has 0 aromatic carbocycles. The maximum absolute atomic E-state index is 13.7. The van der Waals surface area contributed by atoms with Gasteiger partial charge in [0.15, 0.2) is 0 Å². The van der Waals surface area contributed by atoms with Crippen LogP contribution in [0.3, 0.4) is 0 Å². The molecule has 29 heavy (non-hydrogen) atoms. The molecule has 0 amide bonds. The highest BCUT2D eigenvalue weighted by molar-refractivity contribution is 7.89. The van der Waals surface area contributed by atoms with Crippen LogP contribution in [-0.4, -0.2) is 32.3 Å². The maximum Gasteiger partial charge on any atom is 0.247 e. The Hall–Kier alpha value is -2.39. The smallest absolute Gasteiger partial charge is 0.247 e. The van der Waals surface area contributed by atoms with Gasteiger partial charge < -0.3 is 4.42 Å². The Labute approximate surface area is 171 Å². The molecule has 0 bridgehead atoms. The van der Waals surface area contributed by atoms with E-state index in [-0.39, 0.29) is 18.0 Å². The van der Waals surface area contributed by atoms with Crippen molar-refractivity contribution in [1.29, 1.82) is 0 Å². The van der Waals surface area contributed by atoms with Gasteiger partial charge in [-0.1, -0.05) is 0 Å². The van der Waals surface area contributed by atoms with E-state index < -0.39 is 10.0 Å². The van der Waals surface area contributed by atoms with Crippen molar-refractivity contribution in [2.24, 2.45) is 7.05 Å². The molecule has 0 atom stereocenters. The van der Waals surface area contributed by atoms with Crippen LogP contribution in [0.1, 0.15) is 47.4 Å². The molecule has 8 nitrogen and oxygen atoms in total. The minimum atomic E-state index is -3.79. The van der Waals surface area contributed by atoms with Crippen LogP contribution in [0.4, 0.5) is 0 Å². The van der Waals surface area contributed by atoms with E-state index >= 15 is 0 Å². The summed E-state index contributed by atoms with van der Waals surface area (Å²) in [5, 5.41) is 9.04. The molecule has 0 aliphatic heterocycles. The van der Waals surface area contributed by atoms with Gasteiger partial charge in [-0.3, -0.25) is 9.36 Å². The van der Waals surface area contributed by atoms with Gasteiger partial charge in [0, 0.05) is 19.3 Å². The van der Waals surface area contributed by atoms with Crippen molar-refractivity contribution in [2.45, 2.75) is 64.6 Å². The summed E-state index contributed by atoms with van der Waals surface area (Å²) in [5.74, 6) is 0.597. The van der Waals surface area contributed by atoms with Gasteiger partial charge in [0.25, 0.3) is 0 Å². The summed E-state index contributed by atoms with van der Waals surface area (Å²) in [6, 6.07) is 3.56. The minimum Gasteiger partial charge on any atom is -0.468 e. The quantitative estimate of drug-likeness (QED) is 0.590. The molecule has 0 unspecified atom stereocenters. The van der Waals surface area contributed by atoms with Crippen LogP contribution in [0.2, 0.25) is 0 Å². The van der Waals surface area contributed by atoms with E-state index in [1.54, 1.807) is 36.9 Å². The highest BCUT2D eigenvalue weighted by Gasteiger charge is 2.33. The molecular formula is C20H27N5O3S. The zero-order chi connectivity index (χ0) is 20.8. The van der Waals surface area contributed by atoms with Gasteiger partial charge in [-0.25, -0.2) is 8.42 Å². The molecule has 3 aromatic rings. The Balaban J connectivity index is 1.77. The molecule has 0 saturated carbocycles. The largest absolute Gasteiger partial charge is 0.468 e. The number of fused-ring (bicyclic) bond motifs is 1. The van der Waals surface area contributed by atoms with Crippen LogP contribution >= 0.6 is 0 Å². The SMILES string of the molecule is CCn1nc(C)c(S(=O)(=O)N(Cc2ccco2)Cc2nn(C)c3c2CCC3)c1C. The highest BCUT2D eigenvalue weighted by atomic mass is 32.2. The van der Waals surface area contributed by atoms with Crippen molar-refractivity contribution in [3.05, 3.63) is 52.5 Å². The predicted octanol–water partition coefficient (Wildman–Crippen LogP) is 2.73. The highest BCUT2D eigenvalue weighted by Crippen LogP contribution is 2.30. The first-order valence-corrected chi connectivity index (χ1v) is 11.4. The normalized spacial score (nSPS) is 14.1. The average molecular weight is 418 g/mol. The maximum atomic E-state index is 13.7. The van der Waals surface area contributed by atoms with E-state index in [1.807, 2.05) is 18.7 Å². The predicted molar refractivity (Wildman–Crippen MR) is 108 cm³/mol. The van der Waals surface area contributed by atoms with Gasteiger partial charge in [0.05, 0.1) is 36.4 Å². The minimum absolute atomic E-state index is 0.150. The zero-order valence-corrected chi connectivity index (χ0v) is 18.2. The van der Waals surface area contributed by atoms with E-state index in [2.05, 4.69) is 10.2 Å². The lowest BCUT2D eigenvalue weighted by Gasteiger charge is -2.21. The summed E-state index contributed by atoms with van der Waals surface area (Å²) in [7, 11) is -1.86. The van der Waals surface area contributed by atoms with Crippen LogP contribution in [0.15, 0.2) is 27.7 Å². The number of nitrogens with zero attached hydrogens (tertiary/aromatic N) is 5. The Morgan fingerprint density at radius 3 is 2.66 bits per heavy atom. The Morgan fingerprint density at radius 1 is 1.21 bits per heavy atom. The van der Waals surface area contributed by atoms with Gasteiger partial charge in [0.2, 0.25) is 10.0 Å². The van der Waals surface area contributed by atoms with Crippen molar-refractivity contribution >= 4 is 10.0 Å². The fourth-order valence-electron chi connectivity index (χ4n) is 4.28. The van der Waals surface area contributed by atoms with Gasteiger partial charge in [-0.05, 0) is 57.7 Å². The fraction of sp³-hybridized carbons (Fsp3) is 0.500. The standard InChI is InChI=1S/C20H27N5O3S/c1-5-25-15(3)20(14(2)21-25)29(26,27)24(12-16-8-7-11-28-16)13-18-17-9-6-10-19(17)23(4)22-18/h7-8,11H,5-6,9-10,12-13H2,1-4H3. The molecule has 3 aromatic heterocycles. The third-order valence-electron chi connectivity index (χ3n) is 5.65. The molecule has 0 saturated heterocycles. The molecule has 9 heteroatoms. The molecule has 3 heterocycles. The molecular weight excluding hydrogens is 390 g/mol. The Bertz CT molecular complexity index is 1130. The van der Waals surface area contributed by atoms with Crippen LogP contribution < -0.4 is 0 Å². The lowest BCUT2D eigenvalue weighted by atomic mass is 10.2. The number of furan rings is 1. The average Bonchev–Trinajstić information content (AvgIpc) is 3.42. The van der Waals surface area contributed by atoms with Crippen LogP contribution in [0.25, 0.3) is 0 Å². The third-order valence-corrected chi connectivity index (χ3v) is 7.69. The summed E-state index contributed by atoms with van der Waals surface area (Å²) >= 11 is 0. The number of rotatable bonds is 7. The van der Waals surface area contributed by atoms with E-state index in [0.717, 1.165) is 25.0 Å². The second-order valence-electron chi connectivity index (χ2n) is 7.52. The number of aromatic nitrogens is 4. The zero-order valence-electron chi connectivity index (χ0n) is 17.3. The molecule has 0 fully saturated rings. The van der Waals surface area contributed by atoms with Crippen molar-refractivity contribution in [3.8, 4) is 0 Å². The second-order valence-corrected chi connectivity index (χ2v) is 9.39. The summed E-state index contributed by atoms with van der Waals surface area (Å²) in [4.78, 5) is 0.276. The van der Waals surface area contributed by atoms with Crippen molar-refractivity contribution in [3.63, 3.8) is 0 Å². The fourth-order valence-corrected chi connectivity index (χ4v) is 6.03. The summed E-state index contributed by atoms with van der Waals surface area (Å²) in [6.45, 7) is 6.48.